The van der Waals surface area contributed by atoms with Crippen LogP contribution in [0.1, 0.15) is 36.1 Å². The minimum Gasteiger partial charge on any atom is -0.591 e. The van der Waals surface area contributed by atoms with Crippen molar-refractivity contribution in [2.24, 2.45) is 0 Å². The predicted octanol–water partition coefficient (Wildman–Crippen LogP) is 5.83. The van der Waals surface area contributed by atoms with E-state index in [-0.39, 0.29) is 5.41 Å². The molecule has 1 aromatic heterocycles. The average molecular weight is 502 g/mol. The van der Waals surface area contributed by atoms with Crippen LogP contribution >= 0.6 is 8.03 Å². The molecule has 0 aliphatic heterocycles. The Morgan fingerprint density at radius 3 is 2.05 bits per heavy atom. The van der Waals surface area contributed by atoms with E-state index >= 15 is 0 Å². The minimum absolute atomic E-state index is 0.232. The summed E-state index contributed by atoms with van der Waals surface area (Å²) in [6, 6.07) is 29.8. The topological polar surface area (TPSA) is 78.8 Å². The number of rotatable bonds is 4. The van der Waals surface area contributed by atoms with Gasteiger partial charge in [-0.15, -0.1) is 0 Å². The first-order valence-electron chi connectivity index (χ1n) is 12.2. The Morgan fingerprint density at radius 2 is 1.35 bits per heavy atom. The van der Waals surface area contributed by atoms with Crippen molar-refractivity contribution in [3.05, 3.63) is 120 Å². The first kappa shape index (κ1) is 23.4. The van der Waals surface area contributed by atoms with E-state index in [0.717, 1.165) is 33.4 Å². The third kappa shape index (κ3) is 4.07. The van der Waals surface area contributed by atoms with Gasteiger partial charge in [0.15, 0.2) is 17.0 Å². The Morgan fingerprint density at radius 1 is 0.730 bits per heavy atom. The van der Waals surface area contributed by atoms with Gasteiger partial charge >= 0.3 is 8.03 Å². The Hall–Kier alpha value is -4.05. The van der Waals surface area contributed by atoms with Crippen LogP contribution in [-0.4, -0.2) is 15.0 Å². The first-order valence-corrected chi connectivity index (χ1v) is 13.4. The predicted molar refractivity (Wildman–Crippen MR) is 145 cm³/mol. The van der Waals surface area contributed by atoms with E-state index in [0.29, 0.717) is 23.4 Å². The van der Waals surface area contributed by atoms with Gasteiger partial charge in [0, 0.05) is 22.1 Å². The summed E-state index contributed by atoms with van der Waals surface area (Å²) in [5.74, 6) is 1.18. The van der Waals surface area contributed by atoms with Gasteiger partial charge in [-0.1, -0.05) is 103 Å². The van der Waals surface area contributed by atoms with Crippen LogP contribution in [0.25, 0.3) is 33.9 Å². The summed E-state index contributed by atoms with van der Waals surface area (Å²) in [6.07, 6.45) is 2.21. The van der Waals surface area contributed by atoms with Crippen molar-refractivity contribution < 1.29 is 9.46 Å². The van der Waals surface area contributed by atoms with Gasteiger partial charge in [-0.05, 0) is 40.3 Å². The van der Waals surface area contributed by atoms with E-state index < -0.39 is 8.03 Å². The van der Waals surface area contributed by atoms with Crippen molar-refractivity contribution in [2.45, 2.75) is 25.7 Å². The third-order valence-corrected chi connectivity index (χ3v) is 8.02. The number of hydrogen-bond acceptors (Lipinski definition) is 5. The molecule has 0 fully saturated rings. The monoisotopic (exact) mass is 501 g/mol. The lowest BCUT2D eigenvalue weighted by atomic mass is 9.67. The Labute approximate surface area is 216 Å². The molecule has 0 saturated carbocycles. The molecule has 5 aromatic rings. The number of benzene rings is 4. The summed E-state index contributed by atoms with van der Waals surface area (Å²) in [7, 11) is -2.77. The maximum atomic E-state index is 12.4. The third-order valence-electron chi connectivity index (χ3n) is 7.25. The van der Waals surface area contributed by atoms with Crippen LogP contribution in [0.5, 0.6) is 0 Å². The summed E-state index contributed by atoms with van der Waals surface area (Å²) < 4.78 is 12.4. The summed E-state index contributed by atoms with van der Waals surface area (Å²) in [4.78, 5) is 25.7. The quantitative estimate of drug-likeness (QED) is 0.290. The molecule has 0 saturated heterocycles. The molecule has 0 bridgehead atoms. The molecule has 1 unspecified atom stereocenters. The molecule has 37 heavy (non-hydrogen) atoms. The lowest BCUT2D eigenvalue weighted by molar-refractivity contribution is -0.160. The van der Waals surface area contributed by atoms with Crippen molar-refractivity contribution in [3.8, 4) is 33.9 Å². The van der Waals surface area contributed by atoms with Crippen LogP contribution in [0, 0.1) is 0 Å². The number of aromatic nitrogens is 3. The van der Waals surface area contributed by atoms with Crippen LogP contribution < -0.4 is 10.2 Å². The van der Waals surface area contributed by atoms with Crippen LogP contribution in [-0.2, 0) is 16.4 Å². The van der Waals surface area contributed by atoms with Gasteiger partial charge in [0.05, 0.1) is 0 Å². The molecular weight excluding hydrogens is 477 g/mol. The highest BCUT2D eigenvalue weighted by molar-refractivity contribution is 7.46. The van der Waals surface area contributed by atoms with Crippen LogP contribution in [0.15, 0.2) is 97.3 Å². The molecule has 1 aliphatic rings. The largest absolute Gasteiger partial charge is 0.591 e. The summed E-state index contributed by atoms with van der Waals surface area (Å²) in [6.45, 7) is 4.41. The van der Waals surface area contributed by atoms with E-state index in [1.54, 1.807) is 6.07 Å². The zero-order valence-corrected chi connectivity index (χ0v) is 21.4. The molecule has 1 atom stereocenters. The molecule has 6 heteroatoms. The highest BCUT2D eigenvalue weighted by Gasteiger charge is 2.35. The van der Waals surface area contributed by atoms with Crippen LogP contribution in [0.4, 0.5) is 0 Å². The minimum atomic E-state index is -2.77. The van der Waals surface area contributed by atoms with Gasteiger partial charge in [0.1, 0.15) is 6.33 Å². The number of nitrogens with zero attached hydrogens (tertiary/aromatic N) is 3. The maximum absolute atomic E-state index is 12.4. The normalized spacial score (nSPS) is 14.0. The van der Waals surface area contributed by atoms with Gasteiger partial charge in [0.25, 0.3) is 0 Å². The van der Waals surface area contributed by atoms with E-state index in [1.165, 1.54) is 17.5 Å². The van der Waals surface area contributed by atoms with Crippen molar-refractivity contribution in [1.82, 2.24) is 15.0 Å². The van der Waals surface area contributed by atoms with E-state index in [4.69, 9.17) is 0 Å². The maximum Gasteiger partial charge on any atom is 0.349 e. The Kier molecular flexibility index (Phi) is 5.75. The number of fused-ring (bicyclic) bond motifs is 2. The van der Waals surface area contributed by atoms with E-state index in [1.807, 2.05) is 66.7 Å². The molecule has 180 valence electrons. The van der Waals surface area contributed by atoms with E-state index in [9.17, 15) is 9.46 Å². The summed E-state index contributed by atoms with van der Waals surface area (Å²) >= 11 is 0. The zero-order chi connectivity index (χ0) is 25.6. The molecule has 4 aromatic carbocycles. The Balaban J connectivity index is 1.45. The SMILES string of the molecule is CC1(C)c2ccccc2Cc2c1ccc([P+](=O)[O-])c2-c1ccc(-c2ncnc(-c3ccccc3)n2)cc1. The standard InChI is InChI=1S/C31H24N3O2P/c1-31(2)25-11-7-6-10-23(25)18-24-26(31)16-17-27(37(35)36)28(24)20-12-14-22(15-13-20)30-33-19-32-29(34-30)21-8-4-3-5-9-21/h3-17,19H,18H2,1-2H3. The van der Waals surface area contributed by atoms with Gasteiger partial charge in [-0.25, -0.2) is 15.0 Å². The van der Waals surface area contributed by atoms with Crippen molar-refractivity contribution >= 4 is 13.3 Å². The fraction of sp³-hybridized carbons (Fsp3) is 0.129. The molecule has 0 spiro atoms. The summed E-state index contributed by atoms with van der Waals surface area (Å²) in [5.41, 5.74) is 7.92. The van der Waals surface area contributed by atoms with Crippen LogP contribution in [0.3, 0.4) is 0 Å². The van der Waals surface area contributed by atoms with Crippen molar-refractivity contribution in [3.63, 3.8) is 0 Å². The highest BCUT2D eigenvalue weighted by atomic mass is 31.1. The van der Waals surface area contributed by atoms with Gasteiger partial charge in [0.2, 0.25) is 0 Å². The smallest absolute Gasteiger partial charge is 0.349 e. The Bertz CT molecular complexity index is 1650. The van der Waals surface area contributed by atoms with Gasteiger partial charge < -0.3 is 4.89 Å². The van der Waals surface area contributed by atoms with Crippen molar-refractivity contribution in [2.75, 3.05) is 0 Å². The molecule has 0 N–H and O–H groups in total. The van der Waals surface area contributed by atoms with E-state index in [2.05, 4.69) is 47.0 Å². The number of hydrogen-bond donors (Lipinski definition) is 0. The molecule has 1 aliphatic carbocycles. The second-order valence-electron chi connectivity index (χ2n) is 9.78. The average Bonchev–Trinajstić information content (AvgIpc) is 2.93. The molecule has 5 nitrogen and oxygen atoms in total. The van der Waals surface area contributed by atoms with Crippen molar-refractivity contribution in [1.29, 1.82) is 0 Å². The highest BCUT2D eigenvalue weighted by Crippen LogP contribution is 2.45. The van der Waals surface area contributed by atoms with Crippen LogP contribution in [0.2, 0.25) is 0 Å². The molecule has 6 rings (SSSR count). The fourth-order valence-corrected chi connectivity index (χ4v) is 6.09. The lowest BCUT2D eigenvalue weighted by Gasteiger charge is -2.36. The van der Waals surface area contributed by atoms with Gasteiger partial charge in [-0.3, -0.25) is 0 Å². The zero-order valence-electron chi connectivity index (χ0n) is 20.6. The molecular formula is C31H24N3O2P. The molecule has 0 amide bonds. The first-order chi connectivity index (χ1) is 17.9. The molecule has 0 radical (unpaired) electrons. The lowest BCUT2D eigenvalue weighted by Crippen LogP contribution is -2.29. The second kappa shape index (κ2) is 9.11. The summed E-state index contributed by atoms with van der Waals surface area (Å²) in [5, 5.41) is 0.350. The molecule has 1 heterocycles. The van der Waals surface area contributed by atoms with Gasteiger partial charge in [-0.2, -0.15) is 0 Å². The fourth-order valence-electron chi connectivity index (χ4n) is 5.45. The second-order valence-corrected chi connectivity index (χ2v) is 10.8.